The average molecular weight is 669 g/mol. The first-order chi connectivity index (χ1) is 22.7. The molecule has 0 fully saturated rings. The van der Waals surface area contributed by atoms with Crippen LogP contribution in [0, 0.1) is 0 Å². The zero-order valence-corrected chi connectivity index (χ0v) is 33.4. The lowest BCUT2D eigenvalue weighted by Crippen LogP contribution is -1.99. The minimum Gasteiger partial charge on any atom is -0.102 e. The molecule has 0 radical (unpaired) electrons. The summed E-state index contributed by atoms with van der Waals surface area (Å²) in [6.45, 7) is 9.34. The predicted octanol–water partition coefficient (Wildman–Crippen LogP) is 16.2. The number of benzene rings is 2. The summed E-state index contributed by atoms with van der Waals surface area (Å²) in [4.78, 5) is 0. The van der Waals surface area contributed by atoms with Crippen molar-refractivity contribution >= 4 is 26.6 Å². The first-order valence-corrected chi connectivity index (χ1v) is 24.5. The zero-order valence-electron chi connectivity index (χ0n) is 31.6. The number of unbranched alkanes of at least 4 members (excludes halogenated alkanes) is 20. The van der Waals surface area contributed by atoms with Crippen LogP contribution in [-0.2, 0) is 12.3 Å². The maximum Gasteiger partial charge on any atom is -0.00669 e. The van der Waals surface area contributed by atoms with Crippen LogP contribution in [0.4, 0.5) is 0 Å². The van der Waals surface area contributed by atoms with Crippen LogP contribution in [0.1, 0.15) is 193 Å². The molecule has 0 aromatic heterocycles. The lowest BCUT2D eigenvalue weighted by molar-refractivity contribution is 0.621. The maximum atomic E-state index is 2.50. The third-order valence-electron chi connectivity index (χ3n) is 10.2. The van der Waals surface area contributed by atoms with Gasteiger partial charge in [0, 0.05) is 0 Å². The van der Waals surface area contributed by atoms with Gasteiger partial charge in [0.25, 0.3) is 0 Å². The highest BCUT2D eigenvalue weighted by Crippen LogP contribution is 2.46. The fraction of sp³-hybridized carbons (Fsp3) is 0.773. The third kappa shape index (κ3) is 19.5. The first kappa shape index (κ1) is 41.7. The summed E-state index contributed by atoms with van der Waals surface area (Å²) in [6.07, 6.45) is 43.0. The standard InChI is InChI=1S/C44H78P2/c1-5-9-13-17-21-25-35-45(36-26-22-18-14-10-6-2)39-41-31-29-34-44-42(32-30-33-43(41)44)40-46(37-27-23-19-15-11-7-3)38-28-24-20-16-12-8-4/h29-34H,5-28,35-40H2,1-4H3. The molecule has 0 saturated heterocycles. The Hall–Kier alpha value is -0.440. The van der Waals surface area contributed by atoms with E-state index >= 15 is 0 Å². The van der Waals surface area contributed by atoms with Gasteiger partial charge in [-0.05, 0) is 84.6 Å². The molecule has 0 unspecified atom stereocenters. The van der Waals surface area contributed by atoms with Crippen LogP contribution in [0.5, 0.6) is 0 Å². The van der Waals surface area contributed by atoms with Crippen molar-refractivity contribution in [2.75, 3.05) is 24.6 Å². The molecule has 0 bridgehead atoms. The highest BCUT2D eigenvalue weighted by atomic mass is 31.1. The zero-order chi connectivity index (χ0) is 32.9. The summed E-state index contributed by atoms with van der Waals surface area (Å²) in [5.74, 6) is 0. The summed E-state index contributed by atoms with van der Waals surface area (Å²) in [5.41, 5.74) is 3.33. The molecule has 0 saturated carbocycles. The summed E-state index contributed by atoms with van der Waals surface area (Å²) in [7, 11) is 0.178. The molecule has 2 heteroatoms. The van der Waals surface area contributed by atoms with Crippen LogP contribution in [0.2, 0.25) is 0 Å². The van der Waals surface area contributed by atoms with Gasteiger partial charge in [0.1, 0.15) is 0 Å². The maximum absolute atomic E-state index is 2.50. The molecule has 2 rings (SSSR count). The molecule has 0 atom stereocenters. The second-order valence-electron chi connectivity index (χ2n) is 14.6. The van der Waals surface area contributed by atoms with Crippen LogP contribution in [0.25, 0.3) is 10.8 Å². The van der Waals surface area contributed by atoms with Gasteiger partial charge in [-0.3, -0.25) is 0 Å². The number of hydrogen-bond acceptors (Lipinski definition) is 0. The highest BCUT2D eigenvalue weighted by Gasteiger charge is 2.15. The molecule has 0 nitrogen and oxygen atoms in total. The molecule has 2 aromatic carbocycles. The Bertz CT molecular complexity index is 843. The van der Waals surface area contributed by atoms with Crippen molar-refractivity contribution in [2.24, 2.45) is 0 Å². The Morgan fingerprint density at radius 1 is 0.326 bits per heavy atom. The molecular weight excluding hydrogens is 590 g/mol. The molecule has 0 aliphatic heterocycles. The fourth-order valence-corrected chi connectivity index (χ4v) is 12.5. The number of fused-ring (bicyclic) bond motifs is 1. The van der Waals surface area contributed by atoms with Crippen molar-refractivity contribution in [1.29, 1.82) is 0 Å². The summed E-state index contributed by atoms with van der Waals surface area (Å²) >= 11 is 0. The van der Waals surface area contributed by atoms with Crippen LogP contribution >= 0.6 is 15.8 Å². The van der Waals surface area contributed by atoms with Crippen LogP contribution in [0.15, 0.2) is 36.4 Å². The summed E-state index contributed by atoms with van der Waals surface area (Å²) < 4.78 is 0. The lowest BCUT2D eigenvalue weighted by Gasteiger charge is -2.21. The van der Waals surface area contributed by atoms with E-state index in [4.69, 9.17) is 0 Å². The highest BCUT2D eigenvalue weighted by molar-refractivity contribution is 7.57. The van der Waals surface area contributed by atoms with Crippen molar-refractivity contribution in [2.45, 2.75) is 194 Å². The van der Waals surface area contributed by atoms with Gasteiger partial charge in [0.05, 0.1) is 0 Å². The van der Waals surface area contributed by atoms with E-state index in [9.17, 15) is 0 Å². The monoisotopic (exact) mass is 669 g/mol. The van der Waals surface area contributed by atoms with Crippen LogP contribution < -0.4 is 0 Å². The van der Waals surface area contributed by atoms with Crippen molar-refractivity contribution in [3.05, 3.63) is 47.5 Å². The Morgan fingerprint density at radius 3 is 0.870 bits per heavy atom. The van der Waals surface area contributed by atoms with E-state index in [1.54, 1.807) is 21.9 Å². The number of hydrogen-bond donors (Lipinski definition) is 0. The summed E-state index contributed by atoms with van der Waals surface area (Å²) in [6, 6.07) is 14.8. The Kier molecular flexibility index (Phi) is 26.7. The SMILES string of the molecule is CCCCCCCCP(CCCCCCCC)Cc1cccc2c(CP(CCCCCCCC)CCCCCCCC)cccc12. The average Bonchev–Trinajstić information content (AvgIpc) is 3.07. The van der Waals surface area contributed by atoms with Crippen molar-refractivity contribution in [3.8, 4) is 0 Å². The van der Waals surface area contributed by atoms with Crippen molar-refractivity contribution in [3.63, 3.8) is 0 Å². The van der Waals surface area contributed by atoms with E-state index in [-0.39, 0.29) is 15.8 Å². The normalized spacial score (nSPS) is 11.9. The molecule has 0 aliphatic rings. The van der Waals surface area contributed by atoms with E-state index in [0.29, 0.717) is 0 Å². The van der Waals surface area contributed by atoms with E-state index in [2.05, 4.69) is 64.1 Å². The predicted molar refractivity (Wildman–Crippen MR) is 218 cm³/mol. The van der Waals surface area contributed by atoms with Crippen molar-refractivity contribution in [1.82, 2.24) is 0 Å². The van der Waals surface area contributed by atoms with E-state index in [1.807, 2.05) is 0 Å². The molecule has 0 heterocycles. The Labute approximate surface area is 292 Å². The second-order valence-corrected chi connectivity index (χ2v) is 19.7. The lowest BCUT2D eigenvalue weighted by atomic mass is 10.0. The quantitative estimate of drug-likeness (QED) is 0.0538. The van der Waals surface area contributed by atoms with Gasteiger partial charge in [-0.25, -0.2) is 0 Å². The molecule has 0 amide bonds. The van der Waals surface area contributed by atoms with Crippen LogP contribution in [0.3, 0.4) is 0 Å². The first-order valence-electron chi connectivity index (χ1n) is 20.7. The van der Waals surface area contributed by atoms with E-state index < -0.39 is 0 Å². The third-order valence-corrected chi connectivity index (χ3v) is 15.6. The topological polar surface area (TPSA) is 0 Å². The van der Waals surface area contributed by atoms with Gasteiger partial charge >= 0.3 is 0 Å². The Balaban J connectivity index is 2.09. The second kappa shape index (κ2) is 29.5. The minimum atomic E-state index is 0.0890. The Morgan fingerprint density at radius 2 is 0.587 bits per heavy atom. The molecule has 0 N–H and O–H groups in total. The van der Waals surface area contributed by atoms with Gasteiger partial charge in [-0.15, -0.1) is 15.8 Å². The van der Waals surface area contributed by atoms with E-state index in [0.717, 1.165) is 0 Å². The smallest absolute Gasteiger partial charge is 0.00669 e. The van der Waals surface area contributed by atoms with E-state index in [1.165, 1.54) is 191 Å². The molecule has 0 aliphatic carbocycles. The van der Waals surface area contributed by atoms with Gasteiger partial charge in [-0.2, -0.15) is 0 Å². The molecule has 2 aromatic rings. The largest absolute Gasteiger partial charge is 0.102 e. The minimum absolute atomic E-state index is 0.0890. The van der Waals surface area contributed by atoms with Crippen molar-refractivity contribution < 1.29 is 0 Å². The number of rotatable bonds is 32. The fourth-order valence-electron chi connectivity index (χ4n) is 7.20. The van der Waals surface area contributed by atoms with Crippen LogP contribution in [-0.4, -0.2) is 24.6 Å². The van der Waals surface area contributed by atoms with Gasteiger partial charge in [0.15, 0.2) is 0 Å². The summed E-state index contributed by atoms with van der Waals surface area (Å²) in [5, 5.41) is 3.18. The molecular formula is C44H78P2. The van der Waals surface area contributed by atoms with Gasteiger partial charge in [0.2, 0.25) is 0 Å². The molecule has 264 valence electrons. The molecule has 0 spiro atoms. The molecule has 46 heavy (non-hydrogen) atoms. The van der Waals surface area contributed by atoms with Gasteiger partial charge in [-0.1, -0.05) is 193 Å². The van der Waals surface area contributed by atoms with Gasteiger partial charge < -0.3 is 0 Å².